The van der Waals surface area contributed by atoms with E-state index in [1.165, 1.54) is 0 Å². The first-order valence-corrected chi connectivity index (χ1v) is 6.83. The highest BCUT2D eigenvalue weighted by Gasteiger charge is 2.35. The number of anilines is 1. The van der Waals surface area contributed by atoms with Crippen molar-refractivity contribution in [2.24, 2.45) is 7.05 Å². The fraction of sp³-hybridized carbons (Fsp3) is 0.357. The van der Waals surface area contributed by atoms with E-state index in [4.69, 9.17) is 0 Å². The molecule has 2 aromatic rings. The number of aryl methyl sites for hydroxylation is 2. The molecule has 0 saturated heterocycles. The Kier molecular flexibility index (Phi) is 4.57. The minimum absolute atomic E-state index is 0.151. The monoisotopic (exact) mass is 328 g/mol. The Morgan fingerprint density at radius 1 is 1.39 bits per heavy atom. The van der Waals surface area contributed by atoms with Crippen molar-refractivity contribution in [3.8, 4) is 0 Å². The van der Waals surface area contributed by atoms with Crippen molar-refractivity contribution in [3.63, 3.8) is 0 Å². The third kappa shape index (κ3) is 3.79. The first-order valence-electron chi connectivity index (χ1n) is 6.83. The van der Waals surface area contributed by atoms with Crippen LogP contribution in [0.3, 0.4) is 0 Å². The van der Waals surface area contributed by atoms with Crippen LogP contribution >= 0.6 is 0 Å². The molecule has 0 fully saturated rings. The second-order valence-corrected chi connectivity index (χ2v) is 4.97. The van der Waals surface area contributed by atoms with Crippen molar-refractivity contribution in [2.75, 3.05) is 5.32 Å². The van der Waals surface area contributed by atoms with Crippen molar-refractivity contribution in [1.82, 2.24) is 9.78 Å². The lowest BCUT2D eigenvalue weighted by Gasteiger charge is -2.14. The largest absolute Gasteiger partial charge is 0.418 e. The Labute approximate surface area is 130 Å². The quantitative estimate of drug-likeness (QED) is 0.673. The first-order chi connectivity index (χ1) is 10.7. The van der Waals surface area contributed by atoms with E-state index in [0.29, 0.717) is 12.5 Å². The summed E-state index contributed by atoms with van der Waals surface area (Å²) in [5.74, 6) is 0. The Morgan fingerprint density at radius 3 is 2.65 bits per heavy atom. The fourth-order valence-corrected chi connectivity index (χ4v) is 2.25. The fourth-order valence-electron chi connectivity index (χ4n) is 2.25. The summed E-state index contributed by atoms with van der Waals surface area (Å²) in [6.07, 6.45) is -2.30. The molecular weight excluding hydrogens is 313 g/mol. The molecule has 6 nitrogen and oxygen atoms in total. The minimum Gasteiger partial charge on any atom is -0.380 e. The summed E-state index contributed by atoms with van der Waals surface area (Å²) in [6, 6.07) is 2.65. The van der Waals surface area contributed by atoms with E-state index in [1.807, 2.05) is 6.92 Å². The molecule has 1 N–H and O–H groups in total. The number of alkyl halides is 3. The van der Waals surface area contributed by atoms with Gasteiger partial charge in [-0.15, -0.1) is 0 Å². The molecule has 0 spiro atoms. The summed E-state index contributed by atoms with van der Waals surface area (Å²) in [4.78, 5) is 9.81. The van der Waals surface area contributed by atoms with Crippen molar-refractivity contribution in [3.05, 3.63) is 51.3 Å². The van der Waals surface area contributed by atoms with Crippen LogP contribution in [0.25, 0.3) is 0 Å². The van der Waals surface area contributed by atoms with Crippen molar-refractivity contribution in [1.29, 1.82) is 0 Å². The van der Waals surface area contributed by atoms with Gasteiger partial charge in [0.15, 0.2) is 0 Å². The molecule has 0 amide bonds. The number of benzene rings is 1. The molecular formula is C14H15F3N4O2. The minimum atomic E-state index is -4.68. The number of nitro benzene ring substituents is 1. The van der Waals surface area contributed by atoms with Crippen LogP contribution in [0.5, 0.6) is 0 Å². The van der Waals surface area contributed by atoms with Gasteiger partial charge in [0.1, 0.15) is 0 Å². The summed E-state index contributed by atoms with van der Waals surface area (Å²) in [5, 5.41) is 17.6. The lowest BCUT2D eigenvalue weighted by molar-refractivity contribution is -0.385. The van der Waals surface area contributed by atoms with Gasteiger partial charge < -0.3 is 5.32 Å². The maximum atomic E-state index is 13.1. The van der Waals surface area contributed by atoms with Gasteiger partial charge in [0.2, 0.25) is 0 Å². The molecule has 0 bridgehead atoms. The lowest BCUT2D eigenvalue weighted by Crippen LogP contribution is -2.11. The van der Waals surface area contributed by atoms with Gasteiger partial charge in [0, 0.05) is 43.2 Å². The summed E-state index contributed by atoms with van der Waals surface area (Å²) >= 11 is 0. The van der Waals surface area contributed by atoms with E-state index in [1.54, 1.807) is 17.9 Å². The number of nitrogens with one attached hydrogen (secondary N) is 1. The highest BCUT2D eigenvalue weighted by atomic mass is 19.4. The second kappa shape index (κ2) is 6.27. The highest BCUT2D eigenvalue weighted by molar-refractivity contribution is 5.57. The zero-order chi connectivity index (χ0) is 17.2. The van der Waals surface area contributed by atoms with Crippen LogP contribution in [0.1, 0.15) is 23.7 Å². The van der Waals surface area contributed by atoms with Crippen LogP contribution in [0.15, 0.2) is 24.4 Å². The molecule has 0 aliphatic rings. The van der Waals surface area contributed by atoms with E-state index < -0.39 is 22.4 Å². The summed E-state index contributed by atoms with van der Waals surface area (Å²) < 4.78 is 40.9. The zero-order valence-corrected chi connectivity index (χ0v) is 12.5. The summed E-state index contributed by atoms with van der Waals surface area (Å²) in [5.41, 5.74) is -0.293. The average molecular weight is 328 g/mol. The molecule has 124 valence electrons. The number of nitrogens with zero attached hydrogens (tertiary/aromatic N) is 3. The Bertz CT molecular complexity index is 725. The van der Waals surface area contributed by atoms with Crippen LogP contribution in [-0.2, 0) is 26.2 Å². The van der Waals surface area contributed by atoms with Crippen LogP contribution in [0.2, 0.25) is 0 Å². The molecule has 0 saturated carbocycles. The van der Waals surface area contributed by atoms with Gasteiger partial charge in [0.25, 0.3) is 5.69 Å². The van der Waals surface area contributed by atoms with Gasteiger partial charge in [-0.2, -0.15) is 18.3 Å². The van der Waals surface area contributed by atoms with Crippen molar-refractivity contribution >= 4 is 11.4 Å². The Morgan fingerprint density at radius 2 is 2.09 bits per heavy atom. The molecule has 1 aromatic heterocycles. The summed E-state index contributed by atoms with van der Waals surface area (Å²) in [6.45, 7) is 2.05. The van der Waals surface area contributed by atoms with Crippen LogP contribution in [0.4, 0.5) is 24.5 Å². The molecule has 0 atom stereocenters. The normalized spacial score (nSPS) is 11.5. The van der Waals surface area contributed by atoms with Gasteiger partial charge in [-0.25, -0.2) is 0 Å². The number of aromatic nitrogens is 2. The molecule has 0 aliphatic heterocycles. The van der Waals surface area contributed by atoms with E-state index in [0.717, 1.165) is 23.4 Å². The van der Waals surface area contributed by atoms with Gasteiger partial charge in [-0.3, -0.25) is 14.8 Å². The lowest BCUT2D eigenvalue weighted by atomic mass is 10.1. The summed E-state index contributed by atoms with van der Waals surface area (Å²) in [7, 11) is 1.73. The van der Waals surface area contributed by atoms with Crippen molar-refractivity contribution < 1.29 is 18.1 Å². The SMILES string of the molecule is CCc1nn(C)cc1CNc1ccc([N+](=O)[O-])cc1C(F)(F)F. The predicted molar refractivity (Wildman–Crippen MR) is 78.0 cm³/mol. The van der Waals surface area contributed by atoms with Crippen molar-refractivity contribution in [2.45, 2.75) is 26.1 Å². The van der Waals surface area contributed by atoms with Gasteiger partial charge in [0.05, 0.1) is 16.2 Å². The predicted octanol–water partition coefficient (Wildman–Crippen LogP) is 3.52. The molecule has 0 radical (unpaired) electrons. The molecule has 2 rings (SSSR count). The highest BCUT2D eigenvalue weighted by Crippen LogP contribution is 2.37. The number of halogens is 3. The standard InChI is InChI=1S/C14H15F3N4O2/c1-3-12-9(8-20(2)19-12)7-18-13-5-4-10(21(22)23)6-11(13)14(15,16)17/h4-6,8,18H,3,7H2,1-2H3. The topological polar surface area (TPSA) is 73.0 Å². The smallest absolute Gasteiger partial charge is 0.380 e. The molecule has 23 heavy (non-hydrogen) atoms. The maximum Gasteiger partial charge on any atom is 0.418 e. The van der Waals surface area contributed by atoms with E-state index in [2.05, 4.69) is 10.4 Å². The van der Waals surface area contributed by atoms with E-state index in [-0.39, 0.29) is 12.2 Å². The second-order valence-electron chi connectivity index (χ2n) is 4.97. The van der Waals surface area contributed by atoms with Crippen LogP contribution in [0, 0.1) is 10.1 Å². The number of hydrogen-bond donors (Lipinski definition) is 1. The van der Waals surface area contributed by atoms with Gasteiger partial charge >= 0.3 is 6.18 Å². The Balaban J connectivity index is 2.30. The van der Waals surface area contributed by atoms with Crippen LogP contribution < -0.4 is 5.32 Å². The number of hydrogen-bond acceptors (Lipinski definition) is 4. The molecule has 0 unspecified atom stereocenters. The third-order valence-electron chi connectivity index (χ3n) is 3.32. The van der Waals surface area contributed by atoms with Crippen LogP contribution in [-0.4, -0.2) is 14.7 Å². The molecule has 1 aromatic carbocycles. The number of nitro groups is 1. The number of rotatable bonds is 5. The van der Waals surface area contributed by atoms with Gasteiger partial charge in [-0.1, -0.05) is 6.92 Å². The Hall–Kier alpha value is -2.58. The number of non-ortho nitro benzene ring substituents is 1. The molecule has 1 heterocycles. The maximum absolute atomic E-state index is 13.1. The zero-order valence-electron chi connectivity index (χ0n) is 12.5. The average Bonchev–Trinajstić information content (AvgIpc) is 2.84. The van der Waals surface area contributed by atoms with E-state index >= 15 is 0 Å². The van der Waals surface area contributed by atoms with E-state index in [9.17, 15) is 23.3 Å². The third-order valence-corrected chi connectivity index (χ3v) is 3.32. The van der Waals surface area contributed by atoms with Gasteiger partial charge in [-0.05, 0) is 12.5 Å². The molecule has 0 aliphatic carbocycles. The first kappa shape index (κ1) is 16.8. The molecule has 9 heteroatoms.